The summed E-state index contributed by atoms with van der Waals surface area (Å²) in [5.74, 6) is -1.51. The fourth-order valence-electron chi connectivity index (χ4n) is 3.77. The van der Waals surface area contributed by atoms with Gasteiger partial charge >= 0.3 is 5.63 Å². The van der Waals surface area contributed by atoms with Crippen molar-refractivity contribution in [1.29, 1.82) is 0 Å². The van der Waals surface area contributed by atoms with Crippen molar-refractivity contribution >= 4 is 22.8 Å². The topological polar surface area (TPSA) is 109 Å². The average Bonchev–Trinajstić information content (AvgIpc) is 2.79. The zero-order chi connectivity index (χ0) is 24.1. The molecule has 2 atom stereocenters. The number of carboxylic acids is 1. The van der Waals surface area contributed by atoms with Gasteiger partial charge in [-0.15, -0.1) is 0 Å². The van der Waals surface area contributed by atoms with Gasteiger partial charge in [-0.25, -0.2) is 4.79 Å². The van der Waals surface area contributed by atoms with Crippen molar-refractivity contribution < 1.29 is 23.8 Å². The first-order valence-corrected chi connectivity index (χ1v) is 11.0. The van der Waals surface area contributed by atoms with Crippen molar-refractivity contribution in [2.45, 2.75) is 59.1 Å². The largest absolute Gasteiger partial charge is 0.548 e. The minimum absolute atomic E-state index is 0.269. The molecular weight excluding hydrogens is 422 g/mol. The maximum absolute atomic E-state index is 12.8. The van der Waals surface area contributed by atoms with Crippen LogP contribution in [0.25, 0.3) is 11.0 Å². The van der Waals surface area contributed by atoms with E-state index >= 15 is 0 Å². The molecule has 3 rings (SSSR count). The van der Waals surface area contributed by atoms with Crippen molar-refractivity contribution in [3.63, 3.8) is 0 Å². The third-order valence-corrected chi connectivity index (χ3v) is 5.73. The van der Waals surface area contributed by atoms with E-state index in [2.05, 4.69) is 5.32 Å². The van der Waals surface area contributed by atoms with Gasteiger partial charge in [0.05, 0.1) is 12.0 Å². The molecule has 0 bridgehead atoms. The highest BCUT2D eigenvalue weighted by molar-refractivity contribution is 5.87. The lowest BCUT2D eigenvalue weighted by Crippen LogP contribution is -2.51. The molecule has 0 fully saturated rings. The fourth-order valence-corrected chi connectivity index (χ4v) is 3.77. The van der Waals surface area contributed by atoms with Crippen LogP contribution in [-0.2, 0) is 16.0 Å². The number of aliphatic carboxylic acids is 1. The maximum Gasteiger partial charge on any atom is 0.340 e. The van der Waals surface area contributed by atoms with E-state index in [0.717, 1.165) is 16.5 Å². The molecule has 0 aliphatic rings. The first-order valence-electron chi connectivity index (χ1n) is 11.0. The maximum atomic E-state index is 12.8. The number of ether oxygens (including phenoxy) is 1. The summed E-state index contributed by atoms with van der Waals surface area (Å²) < 4.78 is 11.5. The first-order chi connectivity index (χ1) is 15.7. The Balaban J connectivity index is 1.86. The molecule has 1 N–H and O–H groups in total. The van der Waals surface area contributed by atoms with E-state index in [1.54, 1.807) is 19.1 Å². The highest BCUT2D eigenvalue weighted by atomic mass is 16.5. The summed E-state index contributed by atoms with van der Waals surface area (Å²) in [7, 11) is 0. The Morgan fingerprint density at radius 2 is 1.79 bits per heavy atom. The normalized spacial score (nSPS) is 12.8. The quantitative estimate of drug-likeness (QED) is 0.502. The number of carbonyl (C=O) groups is 2. The first kappa shape index (κ1) is 24.0. The lowest BCUT2D eigenvalue weighted by atomic mass is 9.98. The number of nitrogens with one attached hydrogen (secondary N) is 1. The number of carboxylic acid groups (broad SMARTS) is 1. The number of rotatable bonds is 9. The highest BCUT2D eigenvalue weighted by Gasteiger charge is 2.22. The molecule has 2 aromatic carbocycles. The predicted octanol–water partition coefficient (Wildman–Crippen LogP) is 2.80. The van der Waals surface area contributed by atoms with Crippen LogP contribution in [0.4, 0.5) is 0 Å². The van der Waals surface area contributed by atoms with Crippen LogP contribution in [0.15, 0.2) is 51.7 Å². The molecule has 0 radical (unpaired) electrons. The molecule has 1 amide bonds. The Bertz CT molecular complexity index is 1210. The van der Waals surface area contributed by atoms with Crippen molar-refractivity contribution in [3.8, 4) is 5.75 Å². The summed E-state index contributed by atoms with van der Waals surface area (Å²) in [5.41, 5.74) is 3.02. The second kappa shape index (κ2) is 10.3. The van der Waals surface area contributed by atoms with E-state index in [1.807, 2.05) is 44.2 Å². The Kier molecular flexibility index (Phi) is 7.53. The van der Waals surface area contributed by atoms with Gasteiger partial charge in [0.15, 0.2) is 6.10 Å². The molecule has 0 aliphatic carbocycles. The number of hydrogen-bond donors (Lipinski definition) is 1. The summed E-state index contributed by atoms with van der Waals surface area (Å²) in [6, 6.07) is 12.2. The second-order valence-corrected chi connectivity index (χ2v) is 8.15. The molecule has 7 nitrogen and oxygen atoms in total. The van der Waals surface area contributed by atoms with E-state index in [9.17, 15) is 19.5 Å². The number of amides is 1. The van der Waals surface area contributed by atoms with Gasteiger partial charge in [-0.2, -0.15) is 0 Å². The summed E-state index contributed by atoms with van der Waals surface area (Å²) in [6.45, 7) is 6.99. The molecular formula is C26H28NO6-. The van der Waals surface area contributed by atoms with Gasteiger partial charge in [0, 0.05) is 22.9 Å². The third-order valence-electron chi connectivity index (χ3n) is 5.73. The number of aryl methyl sites for hydroxylation is 2. The third kappa shape index (κ3) is 5.42. The molecule has 7 heteroatoms. The second-order valence-electron chi connectivity index (χ2n) is 8.15. The lowest BCUT2D eigenvalue weighted by molar-refractivity contribution is -0.308. The minimum Gasteiger partial charge on any atom is -0.548 e. The molecule has 0 saturated carbocycles. The van der Waals surface area contributed by atoms with Gasteiger partial charge in [0.1, 0.15) is 11.3 Å². The summed E-state index contributed by atoms with van der Waals surface area (Å²) >= 11 is 0. The monoisotopic (exact) mass is 450 g/mol. The Morgan fingerprint density at radius 1 is 1.09 bits per heavy atom. The van der Waals surface area contributed by atoms with Gasteiger partial charge in [-0.1, -0.05) is 43.7 Å². The van der Waals surface area contributed by atoms with E-state index in [4.69, 9.17) is 9.15 Å². The summed E-state index contributed by atoms with van der Waals surface area (Å²) in [6.07, 6.45) is 0.371. The van der Waals surface area contributed by atoms with Crippen LogP contribution < -0.4 is 20.8 Å². The fraction of sp³-hybridized carbons (Fsp3) is 0.346. The van der Waals surface area contributed by atoms with E-state index in [-0.39, 0.29) is 6.42 Å². The Morgan fingerprint density at radius 3 is 2.42 bits per heavy atom. The van der Waals surface area contributed by atoms with E-state index in [1.165, 1.54) is 6.92 Å². The predicted molar refractivity (Wildman–Crippen MR) is 123 cm³/mol. The van der Waals surface area contributed by atoms with Crippen molar-refractivity contribution in [2.24, 2.45) is 0 Å². The number of benzene rings is 2. The highest BCUT2D eigenvalue weighted by Crippen LogP contribution is 2.30. The molecule has 0 aliphatic heterocycles. The molecule has 174 valence electrons. The van der Waals surface area contributed by atoms with Gasteiger partial charge < -0.3 is 24.4 Å². The number of carbonyl (C=O) groups excluding carboxylic acids is 2. The van der Waals surface area contributed by atoms with Crippen molar-refractivity contribution in [2.75, 3.05) is 0 Å². The van der Waals surface area contributed by atoms with Gasteiger partial charge in [0.2, 0.25) is 0 Å². The van der Waals surface area contributed by atoms with Crippen LogP contribution in [0, 0.1) is 13.8 Å². The molecule has 33 heavy (non-hydrogen) atoms. The van der Waals surface area contributed by atoms with Crippen LogP contribution in [0.1, 0.15) is 48.9 Å². The van der Waals surface area contributed by atoms with Gasteiger partial charge in [0.25, 0.3) is 5.91 Å². The molecule has 0 spiro atoms. The zero-order valence-corrected chi connectivity index (χ0v) is 19.3. The zero-order valence-electron chi connectivity index (χ0n) is 19.3. The smallest absolute Gasteiger partial charge is 0.340 e. The lowest BCUT2D eigenvalue weighted by Gasteiger charge is -2.22. The van der Waals surface area contributed by atoms with Crippen LogP contribution >= 0.6 is 0 Å². The minimum atomic E-state index is -1.33. The van der Waals surface area contributed by atoms with Crippen molar-refractivity contribution in [3.05, 3.63) is 75.1 Å². The summed E-state index contributed by atoms with van der Waals surface area (Å²) in [4.78, 5) is 36.4. The van der Waals surface area contributed by atoms with Crippen LogP contribution in [0.2, 0.25) is 0 Å². The van der Waals surface area contributed by atoms with Gasteiger partial charge in [-0.05, 0) is 50.5 Å². The Labute approximate surface area is 192 Å². The van der Waals surface area contributed by atoms with E-state index in [0.29, 0.717) is 35.3 Å². The number of fused-ring (bicyclic) bond motifs is 1. The molecule has 1 aromatic heterocycles. The van der Waals surface area contributed by atoms with Crippen LogP contribution in [0.5, 0.6) is 5.75 Å². The molecule has 0 saturated heterocycles. The molecule has 1 heterocycles. The summed E-state index contributed by atoms with van der Waals surface area (Å²) in [5, 5.41) is 14.4. The van der Waals surface area contributed by atoms with Crippen molar-refractivity contribution in [1.82, 2.24) is 5.32 Å². The molecule has 3 aromatic rings. The van der Waals surface area contributed by atoms with E-state index < -0.39 is 29.6 Å². The van der Waals surface area contributed by atoms with Gasteiger partial charge in [-0.3, -0.25) is 4.79 Å². The SMILES string of the molecule is CCC[C@@H](NC(=O)[C@H](C)Oc1ccc2c(C)c(Cc3ccccc3)c(=O)oc2c1C)C(=O)[O-]. The average molecular weight is 451 g/mol. The molecule has 0 unspecified atom stereocenters. The van der Waals surface area contributed by atoms with Crippen LogP contribution in [-0.4, -0.2) is 24.0 Å². The number of hydrogen-bond acceptors (Lipinski definition) is 6. The van der Waals surface area contributed by atoms with Crippen LogP contribution in [0.3, 0.4) is 0 Å². The Hall–Kier alpha value is -3.61. The standard InChI is InChI=1S/C26H29NO6/c1-5-9-21(25(29)30)27-24(28)17(4)32-22-13-12-19-15(2)20(14-18-10-7-6-8-11-18)26(31)33-23(19)16(22)3/h6-8,10-13,17,21H,5,9,14H2,1-4H3,(H,27,28)(H,29,30)/p-1/t17-,21+/m0/s1.